The van der Waals surface area contributed by atoms with E-state index in [-0.39, 0.29) is 29.3 Å². The summed E-state index contributed by atoms with van der Waals surface area (Å²) in [6, 6.07) is 15.4. The summed E-state index contributed by atoms with van der Waals surface area (Å²) in [5.74, 6) is -0.434. The number of para-hydroxylation sites is 1. The van der Waals surface area contributed by atoms with Crippen LogP contribution in [0.2, 0.25) is 0 Å². The van der Waals surface area contributed by atoms with E-state index in [1.54, 1.807) is 42.6 Å². The molecule has 0 aliphatic carbocycles. The van der Waals surface area contributed by atoms with Gasteiger partial charge in [-0.1, -0.05) is 24.3 Å². The molecule has 0 saturated carbocycles. The number of alkyl halides is 4. The van der Waals surface area contributed by atoms with E-state index in [1.165, 1.54) is 18.2 Å². The molecule has 3 rings (SSSR count). The zero-order chi connectivity index (χ0) is 22.4. The van der Waals surface area contributed by atoms with Crippen molar-refractivity contribution in [3.05, 3.63) is 72.4 Å². The second-order valence-electron chi connectivity index (χ2n) is 6.33. The third kappa shape index (κ3) is 5.95. The van der Waals surface area contributed by atoms with E-state index in [2.05, 4.69) is 20.6 Å². The van der Waals surface area contributed by atoms with Crippen LogP contribution in [-0.4, -0.2) is 22.7 Å². The number of hydrogen-bond donors (Lipinski definition) is 3. The highest BCUT2D eigenvalue weighted by Gasteiger charge is 2.33. The lowest BCUT2D eigenvalue weighted by molar-refractivity contribution is -0.136. The fourth-order valence-electron chi connectivity index (χ4n) is 2.69. The fraction of sp³-hybridized carbons (Fsp3) is 0.0952. The molecule has 1 amide bonds. The lowest BCUT2D eigenvalue weighted by atomic mass is 10.1. The molecule has 4 N–H and O–H groups in total. The summed E-state index contributed by atoms with van der Waals surface area (Å²) >= 11 is 5.46. The molecule has 0 spiro atoms. The Bertz CT molecular complexity index is 1080. The average molecular weight is 448 g/mol. The van der Waals surface area contributed by atoms with Crippen molar-refractivity contribution in [1.29, 1.82) is 0 Å². The van der Waals surface area contributed by atoms with Crippen LogP contribution in [0.3, 0.4) is 0 Å². The number of nitrogens with one attached hydrogen (secondary N) is 2. The smallest absolute Gasteiger partial charge is 0.369 e. The van der Waals surface area contributed by atoms with E-state index in [4.69, 9.17) is 17.3 Å². The number of nitrogens with zero attached hydrogens (tertiary/aromatic N) is 2. The summed E-state index contributed by atoms with van der Waals surface area (Å²) in [6.45, 7) is 0. The Hall–Kier alpha value is -3.59. The van der Waals surface area contributed by atoms with Gasteiger partial charge in [0.05, 0.1) is 11.3 Å². The maximum Gasteiger partial charge on any atom is 0.418 e. The van der Waals surface area contributed by atoms with Crippen LogP contribution in [0.4, 0.5) is 30.4 Å². The van der Waals surface area contributed by atoms with Crippen LogP contribution in [0.15, 0.2) is 71.9 Å². The number of nitrogens with two attached hydrogens (primary N) is 1. The maximum atomic E-state index is 13.1. The number of halogens is 4. The molecule has 0 aliphatic heterocycles. The van der Waals surface area contributed by atoms with Crippen molar-refractivity contribution in [2.75, 3.05) is 16.5 Å². The minimum atomic E-state index is -4.52. The van der Waals surface area contributed by atoms with Gasteiger partial charge < -0.3 is 16.4 Å². The van der Waals surface area contributed by atoms with Gasteiger partial charge in [-0.25, -0.2) is 4.98 Å². The lowest BCUT2D eigenvalue weighted by Gasteiger charge is -2.13. The number of anilines is 2. The van der Waals surface area contributed by atoms with Crippen LogP contribution in [0.25, 0.3) is 11.1 Å². The van der Waals surface area contributed by atoms with Crippen LogP contribution in [0, 0.1) is 0 Å². The predicted octanol–water partition coefficient (Wildman–Crippen LogP) is 5.00. The number of aliphatic imine (C=N–C) groups is 1. The van der Waals surface area contributed by atoms with Gasteiger partial charge >= 0.3 is 6.18 Å². The van der Waals surface area contributed by atoms with Crippen molar-refractivity contribution in [2.45, 2.75) is 6.18 Å². The van der Waals surface area contributed by atoms with Gasteiger partial charge in [-0.15, -0.1) is 11.6 Å². The standard InChI is InChI=1S/C21H17ClF3N5O/c22-11-19(31)28-15-8-5-13(6-9-15)14-7-10-18(27-12-14)30-20(26)29-17-4-2-1-3-16(17)21(23,24)25/h1-10,12H,11H2,(H,28,31)(H3,26,27,29,30). The monoisotopic (exact) mass is 447 g/mol. The molecule has 0 fully saturated rings. The van der Waals surface area contributed by atoms with Crippen molar-refractivity contribution in [1.82, 2.24) is 4.98 Å². The highest BCUT2D eigenvalue weighted by molar-refractivity contribution is 6.29. The minimum Gasteiger partial charge on any atom is -0.369 e. The summed E-state index contributed by atoms with van der Waals surface area (Å²) in [6.07, 6.45) is -2.96. The Labute approximate surface area is 181 Å². The Morgan fingerprint density at radius 2 is 1.68 bits per heavy atom. The molecule has 31 heavy (non-hydrogen) atoms. The van der Waals surface area contributed by atoms with Crippen LogP contribution >= 0.6 is 11.6 Å². The fourth-order valence-corrected chi connectivity index (χ4v) is 2.76. The first-order chi connectivity index (χ1) is 14.8. The molecule has 0 saturated heterocycles. The number of benzene rings is 2. The second-order valence-corrected chi connectivity index (χ2v) is 6.60. The van der Waals surface area contributed by atoms with Gasteiger partial charge in [0, 0.05) is 17.4 Å². The number of guanidine groups is 1. The number of carbonyl (C=O) groups excluding carboxylic acids is 1. The Morgan fingerprint density at radius 3 is 2.29 bits per heavy atom. The third-order valence-electron chi connectivity index (χ3n) is 4.10. The van der Waals surface area contributed by atoms with Gasteiger partial charge in [0.25, 0.3) is 0 Å². The van der Waals surface area contributed by atoms with Gasteiger partial charge in [0.2, 0.25) is 5.91 Å². The molecule has 0 aliphatic rings. The first-order valence-electron chi connectivity index (χ1n) is 8.96. The summed E-state index contributed by atoms with van der Waals surface area (Å²) in [5.41, 5.74) is 6.95. The number of hydrogen-bond acceptors (Lipinski definition) is 3. The quantitative estimate of drug-likeness (QED) is 0.291. The highest BCUT2D eigenvalue weighted by Crippen LogP contribution is 2.34. The SMILES string of the molecule is NC(=Nc1ccc(-c2ccc(NC(=O)CCl)cc2)cn1)Nc1ccccc1C(F)(F)F. The van der Waals surface area contributed by atoms with Crippen molar-refractivity contribution >= 4 is 40.7 Å². The Balaban J connectivity index is 1.72. The summed E-state index contributed by atoms with van der Waals surface area (Å²) in [7, 11) is 0. The highest BCUT2D eigenvalue weighted by atomic mass is 35.5. The third-order valence-corrected chi connectivity index (χ3v) is 4.34. The van der Waals surface area contributed by atoms with Gasteiger partial charge in [0.1, 0.15) is 5.88 Å². The molecule has 1 aromatic heterocycles. The van der Waals surface area contributed by atoms with E-state index in [1.807, 2.05) is 0 Å². The van der Waals surface area contributed by atoms with Crippen molar-refractivity contribution in [3.8, 4) is 11.1 Å². The van der Waals surface area contributed by atoms with Gasteiger partial charge in [-0.2, -0.15) is 18.2 Å². The minimum absolute atomic E-state index is 0.132. The van der Waals surface area contributed by atoms with Crippen molar-refractivity contribution < 1.29 is 18.0 Å². The first-order valence-corrected chi connectivity index (χ1v) is 9.49. The predicted molar refractivity (Wildman–Crippen MR) is 115 cm³/mol. The Kier molecular flexibility index (Phi) is 6.76. The van der Waals surface area contributed by atoms with Crippen molar-refractivity contribution in [3.63, 3.8) is 0 Å². The lowest BCUT2D eigenvalue weighted by Crippen LogP contribution is -2.24. The number of aromatic nitrogens is 1. The van der Waals surface area contributed by atoms with Crippen LogP contribution in [0.5, 0.6) is 0 Å². The number of pyridine rings is 1. The Morgan fingerprint density at radius 1 is 1.00 bits per heavy atom. The molecule has 10 heteroatoms. The topological polar surface area (TPSA) is 92.4 Å². The molecule has 2 aromatic carbocycles. The largest absolute Gasteiger partial charge is 0.418 e. The molecular formula is C21H17ClF3N5O. The molecular weight excluding hydrogens is 431 g/mol. The van der Waals surface area contributed by atoms with Crippen LogP contribution in [-0.2, 0) is 11.0 Å². The van der Waals surface area contributed by atoms with Gasteiger partial charge in [-0.05, 0) is 42.0 Å². The normalized spacial score (nSPS) is 11.8. The maximum absolute atomic E-state index is 13.1. The molecule has 1 heterocycles. The first kappa shape index (κ1) is 22.1. The van der Waals surface area contributed by atoms with E-state index in [9.17, 15) is 18.0 Å². The van der Waals surface area contributed by atoms with Gasteiger partial charge in [-0.3, -0.25) is 4.79 Å². The van der Waals surface area contributed by atoms with Crippen molar-refractivity contribution in [2.24, 2.45) is 10.7 Å². The molecule has 0 bridgehead atoms. The molecule has 3 aromatic rings. The zero-order valence-electron chi connectivity index (χ0n) is 15.9. The van der Waals surface area contributed by atoms with Crippen LogP contribution in [0.1, 0.15) is 5.56 Å². The van der Waals surface area contributed by atoms with Gasteiger partial charge in [0.15, 0.2) is 11.8 Å². The molecule has 0 atom stereocenters. The summed E-state index contributed by atoms with van der Waals surface area (Å²) in [4.78, 5) is 19.5. The summed E-state index contributed by atoms with van der Waals surface area (Å²) in [5, 5.41) is 5.10. The molecule has 6 nitrogen and oxygen atoms in total. The summed E-state index contributed by atoms with van der Waals surface area (Å²) < 4.78 is 39.2. The average Bonchev–Trinajstić information content (AvgIpc) is 2.74. The van der Waals surface area contributed by atoms with E-state index < -0.39 is 11.7 Å². The van der Waals surface area contributed by atoms with E-state index in [0.717, 1.165) is 17.2 Å². The van der Waals surface area contributed by atoms with Crippen LogP contribution < -0.4 is 16.4 Å². The van der Waals surface area contributed by atoms with E-state index >= 15 is 0 Å². The zero-order valence-corrected chi connectivity index (χ0v) is 16.7. The molecule has 0 unspecified atom stereocenters. The number of amides is 1. The second kappa shape index (κ2) is 9.48. The molecule has 160 valence electrons. The van der Waals surface area contributed by atoms with E-state index in [0.29, 0.717) is 5.69 Å². The number of rotatable bonds is 5. The number of carbonyl (C=O) groups is 1. The molecule has 0 radical (unpaired) electrons.